The smallest absolute Gasteiger partial charge is 0.353 e. The molecule has 0 saturated carbocycles. The highest BCUT2D eigenvalue weighted by atomic mass is 16.5. The Kier molecular flexibility index (Phi) is 3.55. The fraction of sp³-hybridized carbons (Fsp3) is 0.412. The molecular weight excluding hydrogens is 312 g/mol. The van der Waals surface area contributed by atoms with Gasteiger partial charge in [-0.1, -0.05) is 0 Å². The normalized spacial score (nSPS) is 15.7. The first-order chi connectivity index (χ1) is 11.7. The standard InChI is InChI=1S/C17H18N2O5/c1-22-15-10-5-3-6-23-14(10)13(9-4-2-7-24-16(9)15)11-8-12(17(20)21)19-18-11/h8H,2-7H2,1H3,(H,18,19)(H,20,21). The topological polar surface area (TPSA) is 93.7 Å². The van der Waals surface area contributed by atoms with Crippen LogP contribution in [0, 0.1) is 0 Å². The van der Waals surface area contributed by atoms with E-state index in [2.05, 4.69) is 10.2 Å². The van der Waals surface area contributed by atoms with Crippen molar-refractivity contribution in [1.29, 1.82) is 0 Å². The maximum atomic E-state index is 11.2. The lowest BCUT2D eigenvalue weighted by atomic mass is 9.90. The molecular formula is C17H18N2O5. The number of H-pyrrole nitrogens is 1. The minimum atomic E-state index is -1.04. The number of fused-ring (bicyclic) bond motifs is 2. The molecule has 7 heteroatoms. The highest BCUT2D eigenvalue weighted by Gasteiger charge is 2.31. The van der Waals surface area contributed by atoms with Gasteiger partial charge in [-0.05, 0) is 31.7 Å². The Morgan fingerprint density at radius 3 is 2.58 bits per heavy atom. The lowest BCUT2D eigenvalue weighted by Crippen LogP contribution is -2.17. The van der Waals surface area contributed by atoms with Crippen molar-refractivity contribution in [3.8, 4) is 28.5 Å². The minimum Gasteiger partial charge on any atom is -0.492 e. The molecule has 4 rings (SSSR count). The van der Waals surface area contributed by atoms with Crippen molar-refractivity contribution in [2.45, 2.75) is 25.7 Å². The van der Waals surface area contributed by atoms with E-state index in [0.717, 1.165) is 59.6 Å². The van der Waals surface area contributed by atoms with Crippen molar-refractivity contribution in [3.63, 3.8) is 0 Å². The van der Waals surface area contributed by atoms with Crippen molar-refractivity contribution in [3.05, 3.63) is 22.9 Å². The molecule has 0 amide bonds. The Bertz CT molecular complexity index is 775. The zero-order valence-corrected chi connectivity index (χ0v) is 13.3. The number of ether oxygens (including phenoxy) is 3. The number of hydrogen-bond donors (Lipinski definition) is 2. The van der Waals surface area contributed by atoms with Gasteiger partial charge in [0.2, 0.25) is 0 Å². The second-order valence-corrected chi connectivity index (χ2v) is 5.90. The number of nitrogens with zero attached hydrogens (tertiary/aromatic N) is 1. The largest absolute Gasteiger partial charge is 0.492 e. The molecule has 0 unspecified atom stereocenters. The van der Waals surface area contributed by atoms with Crippen molar-refractivity contribution in [2.75, 3.05) is 20.3 Å². The second-order valence-electron chi connectivity index (χ2n) is 5.90. The first-order valence-corrected chi connectivity index (χ1v) is 8.01. The van der Waals surface area contributed by atoms with E-state index in [1.807, 2.05) is 0 Å². The average Bonchev–Trinajstić information content (AvgIpc) is 3.09. The summed E-state index contributed by atoms with van der Waals surface area (Å²) in [6, 6.07) is 1.54. The van der Waals surface area contributed by atoms with Gasteiger partial charge in [-0.3, -0.25) is 5.10 Å². The number of hydrogen-bond acceptors (Lipinski definition) is 5. The number of carboxylic acid groups (broad SMARTS) is 1. The molecule has 2 aliphatic heterocycles. The summed E-state index contributed by atoms with van der Waals surface area (Å²) in [6.45, 7) is 1.27. The number of benzene rings is 1. The molecule has 2 aromatic rings. The lowest BCUT2D eigenvalue weighted by Gasteiger charge is -2.29. The van der Waals surface area contributed by atoms with E-state index in [0.29, 0.717) is 18.9 Å². The molecule has 0 aliphatic carbocycles. The highest BCUT2D eigenvalue weighted by Crippen LogP contribution is 2.51. The summed E-state index contributed by atoms with van der Waals surface area (Å²) in [5, 5.41) is 15.9. The van der Waals surface area contributed by atoms with E-state index in [1.165, 1.54) is 6.07 Å². The number of carbonyl (C=O) groups is 1. The molecule has 1 aromatic carbocycles. The van der Waals surface area contributed by atoms with E-state index < -0.39 is 5.97 Å². The molecule has 2 aliphatic rings. The first-order valence-electron chi connectivity index (χ1n) is 8.01. The summed E-state index contributed by atoms with van der Waals surface area (Å²) in [6.07, 6.45) is 3.44. The van der Waals surface area contributed by atoms with Crippen molar-refractivity contribution < 1.29 is 24.1 Å². The third kappa shape index (κ3) is 2.19. The number of nitrogens with one attached hydrogen (secondary N) is 1. The third-order valence-electron chi connectivity index (χ3n) is 4.46. The van der Waals surface area contributed by atoms with Gasteiger partial charge < -0.3 is 19.3 Å². The van der Waals surface area contributed by atoms with Gasteiger partial charge >= 0.3 is 5.97 Å². The predicted octanol–water partition coefficient (Wildman–Crippen LogP) is 2.43. The Morgan fingerprint density at radius 2 is 1.92 bits per heavy atom. The van der Waals surface area contributed by atoms with Crippen LogP contribution in [0.2, 0.25) is 0 Å². The van der Waals surface area contributed by atoms with E-state index in [-0.39, 0.29) is 5.69 Å². The molecule has 126 valence electrons. The molecule has 1 aromatic heterocycles. The van der Waals surface area contributed by atoms with Gasteiger partial charge in [-0.25, -0.2) is 4.79 Å². The fourth-order valence-corrected chi connectivity index (χ4v) is 3.45. The SMILES string of the molecule is COc1c2c(c(-c3cc(C(=O)O)[nH]n3)c3c1OCCC3)OCCC2. The van der Waals surface area contributed by atoms with Crippen LogP contribution in [0.5, 0.6) is 17.2 Å². The zero-order chi connectivity index (χ0) is 16.7. The predicted molar refractivity (Wildman–Crippen MR) is 85.2 cm³/mol. The van der Waals surface area contributed by atoms with Gasteiger partial charge in [-0.2, -0.15) is 5.10 Å². The lowest BCUT2D eigenvalue weighted by molar-refractivity contribution is 0.0690. The van der Waals surface area contributed by atoms with E-state index in [1.54, 1.807) is 7.11 Å². The summed E-state index contributed by atoms with van der Waals surface area (Å²) >= 11 is 0. The first kappa shape index (κ1) is 14.9. The van der Waals surface area contributed by atoms with Crippen LogP contribution in [0.4, 0.5) is 0 Å². The van der Waals surface area contributed by atoms with Crippen LogP contribution in [-0.4, -0.2) is 41.6 Å². The van der Waals surface area contributed by atoms with Crippen molar-refractivity contribution in [2.24, 2.45) is 0 Å². The molecule has 0 atom stereocenters. The number of aromatic amines is 1. The molecule has 0 saturated heterocycles. The maximum absolute atomic E-state index is 11.2. The molecule has 0 fully saturated rings. The van der Waals surface area contributed by atoms with Gasteiger partial charge in [0.1, 0.15) is 11.4 Å². The van der Waals surface area contributed by atoms with Crippen LogP contribution < -0.4 is 14.2 Å². The summed E-state index contributed by atoms with van der Waals surface area (Å²) in [5.74, 6) is 1.17. The van der Waals surface area contributed by atoms with Crippen molar-refractivity contribution in [1.82, 2.24) is 10.2 Å². The monoisotopic (exact) mass is 330 g/mol. The number of aromatic carboxylic acids is 1. The number of aromatic nitrogens is 2. The average molecular weight is 330 g/mol. The Balaban J connectivity index is 1.99. The van der Waals surface area contributed by atoms with Gasteiger partial charge in [0, 0.05) is 11.1 Å². The van der Waals surface area contributed by atoms with Crippen LogP contribution in [0.15, 0.2) is 6.07 Å². The molecule has 7 nitrogen and oxygen atoms in total. The second kappa shape index (κ2) is 5.74. The number of methoxy groups -OCH3 is 1. The van der Waals surface area contributed by atoms with Crippen LogP contribution in [0.3, 0.4) is 0 Å². The summed E-state index contributed by atoms with van der Waals surface area (Å²) in [4.78, 5) is 11.2. The van der Waals surface area contributed by atoms with Crippen LogP contribution in [0.25, 0.3) is 11.3 Å². The Labute approximate surface area is 138 Å². The summed E-state index contributed by atoms with van der Waals surface area (Å²) in [7, 11) is 1.64. The molecule has 0 radical (unpaired) electrons. The molecule has 0 spiro atoms. The third-order valence-corrected chi connectivity index (χ3v) is 4.46. The van der Waals surface area contributed by atoms with Crippen LogP contribution >= 0.6 is 0 Å². The molecule has 3 heterocycles. The van der Waals surface area contributed by atoms with Crippen LogP contribution in [-0.2, 0) is 12.8 Å². The van der Waals surface area contributed by atoms with Gasteiger partial charge in [-0.15, -0.1) is 0 Å². The Hall–Kier alpha value is -2.70. The maximum Gasteiger partial charge on any atom is 0.353 e. The molecule has 0 bridgehead atoms. The van der Waals surface area contributed by atoms with E-state index in [4.69, 9.17) is 19.3 Å². The van der Waals surface area contributed by atoms with Crippen molar-refractivity contribution >= 4 is 5.97 Å². The minimum absolute atomic E-state index is 0.0517. The summed E-state index contributed by atoms with van der Waals surface area (Å²) < 4.78 is 17.5. The fourth-order valence-electron chi connectivity index (χ4n) is 3.45. The Morgan fingerprint density at radius 1 is 1.21 bits per heavy atom. The van der Waals surface area contributed by atoms with Gasteiger partial charge in [0.05, 0.1) is 31.6 Å². The zero-order valence-electron chi connectivity index (χ0n) is 13.3. The highest BCUT2D eigenvalue weighted by molar-refractivity contribution is 5.88. The molecule has 2 N–H and O–H groups in total. The summed E-state index contributed by atoms with van der Waals surface area (Å²) in [5.41, 5.74) is 3.39. The van der Waals surface area contributed by atoms with Gasteiger partial charge in [0.15, 0.2) is 11.5 Å². The quantitative estimate of drug-likeness (QED) is 0.898. The van der Waals surface area contributed by atoms with Gasteiger partial charge in [0.25, 0.3) is 0 Å². The van der Waals surface area contributed by atoms with E-state index >= 15 is 0 Å². The van der Waals surface area contributed by atoms with E-state index in [9.17, 15) is 4.79 Å². The molecule has 24 heavy (non-hydrogen) atoms. The van der Waals surface area contributed by atoms with Crippen LogP contribution in [0.1, 0.15) is 34.5 Å². The number of rotatable bonds is 3. The number of carboxylic acids is 1.